The topological polar surface area (TPSA) is 26.3 Å². The van der Waals surface area contributed by atoms with Crippen molar-refractivity contribution in [3.05, 3.63) is 23.8 Å². The van der Waals surface area contributed by atoms with Gasteiger partial charge in [-0.25, -0.2) is 0 Å². The lowest BCUT2D eigenvalue weighted by Crippen LogP contribution is -2.46. The number of hydrogen-bond donors (Lipinski definition) is 0. The Morgan fingerprint density at radius 2 is 2.12 bits per heavy atom. The molecule has 2 aliphatic carbocycles. The maximum atomic E-state index is 11.2. The van der Waals surface area contributed by atoms with Gasteiger partial charge >= 0.3 is 5.97 Å². The molecule has 0 heterocycles. The van der Waals surface area contributed by atoms with Crippen LogP contribution in [0.15, 0.2) is 23.8 Å². The molecular formula is C15H22O2. The van der Waals surface area contributed by atoms with Crippen LogP contribution in [0, 0.1) is 10.8 Å². The molecule has 2 aliphatic rings. The van der Waals surface area contributed by atoms with E-state index in [1.54, 1.807) is 0 Å². The van der Waals surface area contributed by atoms with Gasteiger partial charge in [0.1, 0.15) is 6.10 Å². The Labute approximate surface area is 104 Å². The molecule has 2 rings (SSSR count). The van der Waals surface area contributed by atoms with E-state index >= 15 is 0 Å². The number of carbonyl (C=O) groups excluding carboxylic acids is 1. The van der Waals surface area contributed by atoms with E-state index in [1.165, 1.54) is 12.5 Å². The minimum atomic E-state index is -0.168. The first-order valence-corrected chi connectivity index (χ1v) is 6.41. The van der Waals surface area contributed by atoms with E-state index < -0.39 is 0 Å². The van der Waals surface area contributed by atoms with Gasteiger partial charge < -0.3 is 4.74 Å². The average Bonchev–Trinajstić information content (AvgIpc) is 2.22. The van der Waals surface area contributed by atoms with Gasteiger partial charge in [-0.05, 0) is 24.7 Å². The normalized spacial score (nSPS) is 34.8. The second-order valence-electron chi connectivity index (χ2n) is 6.13. The van der Waals surface area contributed by atoms with E-state index in [9.17, 15) is 4.79 Å². The fourth-order valence-electron chi connectivity index (χ4n) is 3.42. The highest BCUT2D eigenvalue weighted by Gasteiger charge is 2.48. The van der Waals surface area contributed by atoms with Crippen LogP contribution in [0.5, 0.6) is 0 Å². The fourth-order valence-corrected chi connectivity index (χ4v) is 3.42. The molecule has 0 spiro atoms. The second kappa shape index (κ2) is 4.01. The first-order valence-electron chi connectivity index (χ1n) is 6.41. The van der Waals surface area contributed by atoms with Crippen LogP contribution in [-0.2, 0) is 9.53 Å². The summed E-state index contributed by atoms with van der Waals surface area (Å²) in [6.07, 6.45) is 9.79. The number of fused-ring (bicyclic) bond motifs is 1. The summed E-state index contributed by atoms with van der Waals surface area (Å²) in [5, 5.41) is 0. The standard InChI is InChI=1S/C15H22O2/c1-11(16)17-13-8-10-15(4)9-6-5-7-12(15)14(13,2)3/h5-7,13H,8-10H2,1-4H3/t13-,15-/m0/s1. The van der Waals surface area contributed by atoms with Gasteiger partial charge in [0, 0.05) is 12.3 Å². The molecule has 0 aromatic heterocycles. The fraction of sp³-hybridized carbons (Fsp3) is 0.667. The first kappa shape index (κ1) is 12.4. The molecule has 2 atom stereocenters. The van der Waals surface area contributed by atoms with E-state index in [2.05, 4.69) is 39.0 Å². The van der Waals surface area contributed by atoms with Crippen molar-refractivity contribution in [2.75, 3.05) is 0 Å². The summed E-state index contributed by atoms with van der Waals surface area (Å²) in [6, 6.07) is 0. The summed E-state index contributed by atoms with van der Waals surface area (Å²) in [5.74, 6) is -0.168. The molecule has 0 N–H and O–H groups in total. The molecule has 0 unspecified atom stereocenters. The first-order chi connectivity index (χ1) is 7.86. The quantitative estimate of drug-likeness (QED) is 0.648. The van der Waals surface area contributed by atoms with Crippen LogP contribution in [0.1, 0.15) is 47.0 Å². The zero-order valence-corrected chi connectivity index (χ0v) is 11.2. The van der Waals surface area contributed by atoms with Crippen molar-refractivity contribution >= 4 is 5.97 Å². The maximum absolute atomic E-state index is 11.2. The number of rotatable bonds is 1. The van der Waals surface area contributed by atoms with Gasteiger partial charge in [-0.3, -0.25) is 4.79 Å². The molecule has 0 radical (unpaired) electrons. The van der Waals surface area contributed by atoms with Crippen LogP contribution in [0.25, 0.3) is 0 Å². The predicted octanol–water partition coefficient (Wildman–Crippen LogP) is 3.63. The van der Waals surface area contributed by atoms with Crippen molar-refractivity contribution in [2.24, 2.45) is 10.8 Å². The molecule has 94 valence electrons. The van der Waals surface area contributed by atoms with Gasteiger partial charge in [-0.15, -0.1) is 0 Å². The van der Waals surface area contributed by atoms with Crippen LogP contribution < -0.4 is 0 Å². The van der Waals surface area contributed by atoms with Crippen molar-refractivity contribution in [3.63, 3.8) is 0 Å². The molecule has 2 heteroatoms. The molecule has 1 fully saturated rings. The summed E-state index contributed by atoms with van der Waals surface area (Å²) >= 11 is 0. The molecule has 2 nitrogen and oxygen atoms in total. The molecule has 0 saturated heterocycles. The molecule has 0 aliphatic heterocycles. The van der Waals surface area contributed by atoms with Crippen molar-refractivity contribution in [2.45, 2.75) is 53.1 Å². The van der Waals surface area contributed by atoms with Gasteiger partial charge in [0.05, 0.1) is 0 Å². The van der Waals surface area contributed by atoms with Gasteiger partial charge in [0.2, 0.25) is 0 Å². The summed E-state index contributed by atoms with van der Waals surface area (Å²) in [7, 11) is 0. The number of allylic oxidation sites excluding steroid dienone is 3. The Morgan fingerprint density at radius 3 is 2.76 bits per heavy atom. The zero-order chi connectivity index (χ0) is 12.7. The Balaban J connectivity index is 2.32. The van der Waals surface area contributed by atoms with Crippen molar-refractivity contribution in [3.8, 4) is 0 Å². The van der Waals surface area contributed by atoms with Gasteiger partial charge in [-0.2, -0.15) is 0 Å². The Morgan fingerprint density at radius 1 is 1.41 bits per heavy atom. The zero-order valence-electron chi connectivity index (χ0n) is 11.2. The molecule has 0 amide bonds. The third-order valence-electron chi connectivity index (χ3n) is 4.38. The number of ether oxygens (including phenoxy) is 1. The van der Waals surface area contributed by atoms with Crippen LogP contribution in [-0.4, -0.2) is 12.1 Å². The van der Waals surface area contributed by atoms with Crippen molar-refractivity contribution in [1.82, 2.24) is 0 Å². The van der Waals surface area contributed by atoms with Crippen LogP contribution in [0.2, 0.25) is 0 Å². The second-order valence-corrected chi connectivity index (χ2v) is 6.13. The Kier molecular flexibility index (Phi) is 2.92. The SMILES string of the molecule is CC(=O)O[C@H]1CC[C@]2(C)CC=CC=C2C1(C)C. The van der Waals surface area contributed by atoms with Gasteiger partial charge in [-0.1, -0.05) is 44.6 Å². The van der Waals surface area contributed by atoms with Crippen molar-refractivity contribution in [1.29, 1.82) is 0 Å². The molecule has 1 saturated carbocycles. The van der Waals surface area contributed by atoms with Gasteiger partial charge in [0.25, 0.3) is 0 Å². The highest BCUT2D eigenvalue weighted by molar-refractivity contribution is 5.66. The summed E-state index contributed by atoms with van der Waals surface area (Å²) < 4.78 is 5.50. The highest BCUT2D eigenvalue weighted by atomic mass is 16.5. The summed E-state index contributed by atoms with van der Waals surface area (Å²) in [6.45, 7) is 8.22. The van der Waals surface area contributed by atoms with Crippen molar-refractivity contribution < 1.29 is 9.53 Å². The van der Waals surface area contributed by atoms with E-state index in [0.29, 0.717) is 0 Å². The predicted molar refractivity (Wildman–Crippen MR) is 68.5 cm³/mol. The highest BCUT2D eigenvalue weighted by Crippen LogP contribution is 2.54. The van der Waals surface area contributed by atoms with Crippen LogP contribution in [0.3, 0.4) is 0 Å². The molecule has 0 aromatic rings. The van der Waals surface area contributed by atoms with E-state index in [1.807, 2.05) is 0 Å². The smallest absolute Gasteiger partial charge is 0.302 e. The average molecular weight is 234 g/mol. The molecule has 17 heavy (non-hydrogen) atoms. The summed E-state index contributed by atoms with van der Waals surface area (Å²) in [5.41, 5.74) is 1.64. The van der Waals surface area contributed by atoms with Crippen LogP contribution >= 0.6 is 0 Å². The lowest BCUT2D eigenvalue weighted by Gasteiger charge is -2.50. The lowest BCUT2D eigenvalue weighted by molar-refractivity contribution is -0.154. The Bertz CT molecular complexity index is 390. The number of esters is 1. The minimum Gasteiger partial charge on any atom is -0.462 e. The van der Waals surface area contributed by atoms with E-state index in [0.717, 1.165) is 19.3 Å². The van der Waals surface area contributed by atoms with E-state index in [-0.39, 0.29) is 22.9 Å². The third kappa shape index (κ3) is 2.05. The largest absolute Gasteiger partial charge is 0.462 e. The lowest BCUT2D eigenvalue weighted by atomic mass is 9.57. The van der Waals surface area contributed by atoms with Crippen LogP contribution in [0.4, 0.5) is 0 Å². The third-order valence-corrected chi connectivity index (χ3v) is 4.38. The monoisotopic (exact) mass is 234 g/mol. The van der Waals surface area contributed by atoms with E-state index in [4.69, 9.17) is 4.74 Å². The number of hydrogen-bond acceptors (Lipinski definition) is 2. The maximum Gasteiger partial charge on any atom is 0.302 e. The summed E-state index contributed by atoms with van der Waals surface area (Å²) in [4.78, 5) is 11.2. The Hall–Kier alpha value is -1.05. The minimum absolute atomic E-state index is 0.0193. The molecule has 0 aromatic carbocycles. The van der Waals surface area contributed by atoms with Gasteiger partial charge in [0.15, 0.2) is 0 Å². The number of carbonyl (C=O) groups is 1. The molecular weight excluding hydrogens is 212 g/mol. The molecule has 0 bridgehead atoms.